The van der Waals surface area contributed by atoms with Crippen LogP contribution in [0.25, 0.3) is 6.08 Å². The molecule has 0 saturated heterocycles. The fourth-order valence-corrected chi connectivity index (χ4v) is 2.41. The molecule has 1 amide bonds. The van der Waals surface area contributed by atoms with Gasteiger partial charge >= 0.3 is 5.97 Å². The number of carboxylic acid groups (broad SMARTS) is 1. The van der Waals surface area contributed by atoms with E-state index in [1.807, 2.05) is 24.3 Å². The van der Waals surface area contributed by atoms with E-state index in [9.17, 15) is 9.59 Å². The summed E-state index contributed by atoms with van der Waals surface area (Å²) in [5, 5.41) is 11.5. The first-order chi connectivity index (χ1) is 10.5. The smallest absolute Gasteiger partial charge is 0.337 e. The number of carbonyl (C=O) groups excluding carboxylic acids is 1. The third-order valence-electron chi connectivity index (χ3n) is 2.81. The number of aromatic carboxylic acids is 1. The second-order valence-corrected chi connectivity index (χ2v) is 5.55. The Kier molecular flexibility index (Phi) is 5.35. The summed E-state index contributed by atoms with van der Waals surface area (Å²) in [4.78, 5) is 22.9. The molecule has 0 aliphatic heterocycles. The number of anilines is 1. The normalized spacial score (nSPS) is 10.6. The van der Waals surface area contributed by atoms with E-state index in [1.54, 1.807) is 12.1 Å². The van der Waals surface area contributed by atoms with Gasteiger partial charge in [-0.1, -0.05) is 51.8 Å². The van der Waals surface area contributed by atoms with Gasteiger partial charge in [-0.2, -0.15) is 0 Å². The molecule has 2 N–H and O–H groups in total. The van der Waals surface area contributed by atoms with Gasteiger partial charge in [0.1, 0.15) is 0 Å². The van der Waals surface area contributed by atoms with Gasteiger partial charge in [-0.25, -0.2) is 4.79 Å². The molecule has 22 heavy (non-hydrogen) atoms. The van der Waals surface area contributed by atoms with E-state index in [0.29, 0.717) is 0 Å². The summed E-state index contributed by atoms with van der Waals surface area (Å²) >= 11 is 9.34. The van der Waals surface area contributed by atoms with E-state index in [2.05, 4.69) is 21.2 Å². The second kappa shape index (κ2) is 7.24. The van der Waals surface area contributed by atoms with Crippen molar-refractivity contribution in [3.8, 4) is 0 Å². The van der Waals surface area contributed by atoms with Crippen LogP contribution < -0.4 is 5.32 Å². The molecule has 0 saturated carbocycles. The van der Waals surface area contributed by atoms with E-state index < -0.39 is 11.9 Å². The number of carbonyl (C=O) groups is 2. The minimum Gasteiger partial charge on any atom is -0.478 e. The molecule has 0 unspecified atom stereocenters. The van der Waals surface area contributed by atoms with Crippen LogP contribution in [0.3, 0.4) is 0 Å². The summed E-state index contributed by atoms with van der Waals surface area (Å²) in [5.41, 5.74) is 1.04. The van der Waals surface area contributed by atoms with Crippen molar-refractivity contribution >= 4 is 51.2 Å². The summed E-state index contributed by atoms with van der Waals surface area (Å²) in [6, 6.07) is 11.9. The molecule has 0 spiro atoms. The van der Waals surface area contributed by atoms with Crippen LogP contribution in [-0.2, 0) is 4.79 Å². The molecule has 2 aromatic carbocycles. The number of rotatable bonds is 4. The molecule has 0 aliphatic carbocycles. The minimum atomic E-state index is -1.15. The zero-order chi connectivity index (χ0) is 16.1. The van der Waals surface area contributed by atoms with Crippen molar-refractivity contribution in [3.05, 3.63) is 69.2 Å². The van der Waals surface area contributed by atoms with Crippen molar-refractivity contribution in [2.75, 3.05) is 5.32 Å². The quantitative estimate of drug-likeness (QED) is 0.770. The van der Waals surface area contributed by atoms with Crippen LogP contribution in [-0.4, -0.2) is 17.0 Å². The summed E-state index contributed by atoms with van der Waals surface area (Å²) in [5.74, 6) is -1.55. The summed E-state index contributed by atoms with van der Waals surface area (Å²) in [6.07, 6.45) is 3.00. The molecule has 6 heteroatoms. The molecule has 0 aromatic heterocycles. The lowest BCUT2D eigenvalue weighted by Crippen LogP contribution is -2.09. The lowest BCUT2D eigenvalue weighted by molar-refractivity contribution is -0.111. The van der Waals surface area contributed by atoms with Gasteiger partial charge < -0.3 is 10.4 Å². The van der Waals surface area contributed by atoms with Crippen LogP contribution in [0.4, 0.5) is 5.69 Å². The molecular weight excluding hydrogens is 370 g/mol. The Balaban J connectivity index is 2.15. The van der Waals surface area contributed by atoms with Gasteiger partial charge in [0.25, 0.3) is 0 Å². The monoisotopic (exact) mass is 379 g/mol. The SMILES string of the molecule is O=C(C=Cc1ccccc1Br)Nc1cccc(C(=O)O)c1Cl. The van der Waals surface area contributed by atoms with E-state index in [0.717, 1.165) is 10.0 Å². The van der Waals surface area contributed by atoms with Crippen molar-refractivity contribution in [1.29, 1.82) is 0 Å². The van der Waals surface area contributed by atoms with Crippen molar-refractivity contribution in [2.24, 2.45) is 0 Å². The standard InChI is InChI=1S/C16H11BrClNO3/c17-12-6-2-1-4-10(12)8-9-14(20)19-13-7-3-5-11(15(13)18)16(21)22/h1-9H,(H,19,20)(H,21,22). The average molecular weight is 381 g/mol. The third-order valence-corrected chi connectivity index (χ3v) is 3.94. The number of halogens is 2. The molecule has 0 aliphatic rings. The number of amides is 1. The van der Waals surface area contributed by atoms with Crippen LogP contribution in [0.2, 0.25) is 5.02 Å². The number of benzene rings is 2. The van der Waals surface area contributed by atoms with E-state index in [-0.39, 0.29) is 16.3 Å². The highest BCUT2D eigenvalue weighted by Gasteiger charge is 2.12. The lowest BCUT2D eigenvalue weighted by Gasteiger charge is -2.07. The zero-order valence-corrected chi connectivity index (χ0v) is 13.6. The minimum absolute atomic E-state index is 0.00218. The van der Waals surface area contributed by atoms with Gasteiger partial charge in [0.2, 0.25) is 5.91 Å². The molecule has 2 aromatic rings. The molecular formula is C16H11BrClNO3. The first kappa shape index (κ1) is 16.3. The molecule has 0 fully saturated rings. The van der Waals surface area contributed by atoms with Crippen LogP contribution in [0, 0.1) is 0 Å². The van der Waals surface area contributed by atoms with Gasteiger partial charge in [0.05, 0.1) is 16.3 Å². The number of carboxylic acids is 1. The highest BCUT2D eigenvalue weighted by atomic mass is 79.9. The van der Waals surface area contributed by atoms with E-state index in [1.165, 1.54) is 18.2 Å². The maximum atomic E-state index is 11.9. The van der Waals surface area contributed by atoms with E-state index >= 15 is 0 Å². The maximum absolute atomic E-state index is 11.9. The molecule has 112 valence electrons. The molecule has 4 nitrogen and oxygen atoms in total. The number of nitrogens with one attached hydrogen (secondary N) is 1. The fourth-order valence-electron chi connectivity index (χ4n) is 1.74. The summed E-state index contributed by atoms with van der Waals surface area (Å²) in [6.45, 7) is 0. The first-order valence-electron chi connectivity index (χ1n) is 6.24. The predicted octanol–water partition coefficient (Wildman–Crippen LogP) is 4.45. The highest BCUT2D eigenvalue weighted by molar-refractivity contribution is 9.10. The zero-order valence-electron chi connectivity index (χ0n) is 11.2. The van der Waals surface area contributed by atoms with Crippen LogP contribution in [0.15, 0.2) is 53.0 Å². The fraction of sp³-hybridized carbons (Fsp3) is 0. The largest absolute Gasteiger partial charge is 0.478 e. The Morgan fingerprint density at radius 1 is 1.14 bits per heavy atom. The van der Waals surface area contributed by atoms with Crippen LogP contribution in [0.1, 0.15) is 15.9 Å². The van der Waals surface area contributed by atoms with Gasteiger partial charge in [-0.15, -0.1) is 0 Å². The molecule has 0 heterocycles. The Morgan fingerprint density at radius 2 is 1.86 bits per heavy atom. The van der Waals surface area contributed by atoms with E-state index in [4.69, 9.17) is 16.7 Å². The van der Waals surface area contributed by atoms with Crippen LogP contribution >= 0.6 is 27.5 Å². The van der Waals surface area contributed by atoms with Crippen molar-refractivity contribution < 1.29 is 14.7 Å². The maximum Gasteiger partial charge on any atom is 0.337 e. The van der Waals surface area contributed by atoms with Crippen molar-refractivity contribution in [1.82, 2.24) is 0 Å². The van der Waals surface area contributed by atoms with Gasteiger partial charge in [0, 0.05) is 10.5 Å². The molecule has 0 atom stereocenters. The highest BCUT2D eigenvalue weighted by Crippen LogP contribution is 2.26. The van der Waals surface area contributed by atoms with Gasteiger partial charge in [0.15, 0.2) is 0 Å². The Bertz CT molecular complexity index is 759. The third kappa shape index (κ3) is 3.96. The second-order valence-electron chi connectivity index (χ2n) is 4.32. The molecule has 0 bridgehead atoms. The van der Waals surface area contributed by atoms with Gasteiger partial charge in [-0.05, 0) is 29.8 Å². The number of hydrogen-bond acceptors (Lipinski definition) is 2. The molecule has 0 radical (unpaired) electrons. The van der Waals surface area contributed by atoms with Gasteiger partial charge in [-0.3, -0.25) is 4.79 Å². The summed E-state index contributed by atoms with van der Waals surface area (Å²) < 4.78 is 0.866. The summed E-state index contributed by atoms with van der Waals surface area (Å²) in [7, 11) is 0. The Morgan fingerprint density at radius 3 is 2.55 bits per heavy atom. The Labute approximate surface area is 140 Å². The Hall–Kier alpha value is -2.11. The number of hydrogen-bond donors (Lipinski definition) is 2. The van der Waals surface area contributed by atoms with Crippen molar-refractivity contribution in [3.63, 3.8) is 0 Å². The van der Waals surface area contributed by atoms with Crippen LogP contribution in [0.5, 0.6) is 0 Å². The lowest BCUT2D eigenvalue weighted by atomic mass is 10.2. The van der Waals surface area contributed by atoms with Crippen molar-refractivity contribution in [2.45, 2.75) is 0 Å². The topological polar surface area (TPSA) is 66.4 Å². The average Bonchev–Trinajstić information content (AvgIpc) is 2.48. The predicted molar refractivity (Wildman–Crippen MR) is 90.2 cm³/mol. The molecule has 2 rings (SSSR count). The first-order valence-corrected chi connectivity index (χ1v) is 7.41.